The van der Waals surface area contributed by atoms with Crippen molar-refractivity contribution in [2.45, 2.75) is 25.4 Å². The smallest absolute Gasteiger partial charge is 0.123 e. The molecule has 1 rings (SSSR count). The first-order valence-electron chi connectivity index (χ1n) is 4.40. The van der Waals surface area contributed by atoms with Gasteiger partial charge in [0.25, 0.3) is 0 Å². The third-order valence-corrected chi connectivity index (χ3v) is 1.89. The monoisotopic (exact) mass is 183 g/mol. The second kappa shape index (κ2) is 4.95. The molecule has 0 saturated heterocycles. The summed E-state index contributed by atoms with van der Waals surface area (Å²) >= 11 is 0. The highest BCUT2D eigenvalue weighted by atomic mass is 19.1. The molecule has 71 valence electrons. The Morgan fingerprint density at radius 2 is 1.85 bits per heavy atom. The van der Waals surface area contributed by atoms with Crippen molar-refractivity contribution in [3.05, 3.63) is 42.6 Å². The van der Waals surface area contributed by atoms with Crippen LogP contribution in [0.3, 0.4) is 0 Å². The molecule has 0 amide bonds. The summed E-state index contributed by atoms with van der Waals surface area (Å²) in [5.41, 5.74) is 0.836. The van der Waals surface area contributed by atoms with Gasteiger partial charge in [-0.25, -0.2) is 8.78 Å². The van der Waals surface area contributed by atoms with Gasteiger partial charge in [0.05, 0.1) is 0 Å². The van der Waals surface area contributed by atoms with Gasteiger partial charge in [0, 0.05) is 6.42 Å². The van der Waals surface area contributed by atoms with Crippen molar-refractivity contribution in [2.75, 3.05) is 0 Å². The Balaban J connectivity index is 2.49. The zero-order valence-corrected chi connectivity index (χ0v) is 7.47. The minimum Gasteiger partial charge on any atom is -0.247 e. The van der Waals surface area contributed by atoms with E-state index in [9.17, 15) is 8.78 Å². The number of alkyl halides is 1. The Kier molecular flexibility index (Phi) is 3.87. The van der Waals surface area contributed by atoms with Crippen molar-refractivity contribution in [3.63, 3.8) is 0 Å². The van der Waals surface area contributed by atoms with Crippen LogP contribution in [0.2, 0.25) is 0 Å². The summed E-state index contributed by atoms with van der Waals surface area (Å²) in [6.45, 7) is 3.58. The fourth-order valence-corrected chi connectivity index (χ4v) is 1.20. The molecule has 0 nitrogen and oxygen atoms in total. The molecule has 1 unspecified atom stereocenters. The van der Waals surface area contributed by atoms with Crippen LogP contribution in [0.25, 0.3) is 0 Å². The molecule has 0 aliphatic heterocycles. The van der Waals surface area contributed by atoms with Crippen molar-refractivity contribution in [2.24, 2.45) is 0 Å². The van der Waals surface area contributed by atoms with Gasteiger partial charge in [-0.1, -0.05) is 25.5 Å². The minimum atomic E-state index is -0.858. The zero-order chi connectivity index (χ0) is 9.68. The maximum Gasteiger partial charge on any atom is 0.123 e. The SMILES string of the molecule is [CH2]CCC(F)Cc1ccc(F)cc1. The van der Waals surface area contributed by atoms with Crippen LogP contribution in [-0.4, -0.2) is 6.17 Å². The van der Waals surface area contributed by atoms with Gasteiger partial charge in [-0.3, -0.25) is 0 Å². The van der Waals surface area contributed by atoms with E-state index in [1.54, 1.807) is 12.1 Å². The molecular weight excluding hydrogens is 170 g/mol. The van der Waals surface area contributed by atoms with Crippen LogP contribution in [0, 0.1) is 12.7 Å². The second-order valence-electron chi connectivity index (χ2n) is 3.07. The van der Waals surface area contributed by atoms with Crippen LogP contribution in [0.5, 0.6) is 0 Å². The number of benzene rings is 1. The first-order valence-corrected chi connectivity index (χ1v) is 4.40. The van der Waals surface area contributed by atoms with E-state index in [1.807, 2.05) is 0 Å². The van der Waals surface area contributed by atoms with Crippen LogP contribution in [-0.2, 0) is 6.42 Å². The molecule has 0 bridgehead atoms. The van der Waals surface area contributed by atoms with E-state index in [0.29, 0.717) is 19.3 Å². The molecule has 0 aliphatic carbocycles. The standard InChI is InChI=1S/C11H13F2/c1-2-3-11(13)8-9-4-6-10(12)7-5-9/h4-7,11H,1-3,8H2. The van der Waals surface area contributed by atoms with E-state index in [4.69, 9.17) is 0 Å². The summed E-state index contributed by atoms with van der Waals surface area (Å²) in [5, 5.41) is 0. The molecule has 1 atom stereocenters. The fourth-order valence-electron chi connectivity index (χ4n) is 1.20. The molecule has 1 aromatic carbocycles. The summed E-state index contributed by atoms with van der Waals surface area (Å²) in [6, 6.07) is 5.94. The largest absolute Gasteiger partial charge is 0.247 e. The molecule has 2 heteroatoms. The molecule has 0 aromatic heterocycles. The van der Waals surface area contributed by atoms with Gasteiger partial charge in [-0.15, -0.1) is 0 Å². The number of rotatable bonds is 4. The van der Waals surface area contributed by atoms with Crippen LogP contribution >= 0.6 is 0 Å². The zero-order valence-electron chi connectivity index (χ0n) is 7.47. The summed E-state index contributed by atoms with van der Waals surface area (Å²) in [6.07, 6.45) is 0.568. The van der Waals surface area contributed by atoms with Crippen molar-refractivity contribution < 1.29 is 8.78 Å². The highest BCUT2D eigenvalue weighted by Gasteiger charge is 2.05. The van der Waals surface area contributed by atoms with Crippen LogP contribution in [0.1, 0.15) is 18.4 Å². The first kappa shape index (κ1) is 10.2. The maximum atomic E-state index is 13.1. The third-order valence-electron chi connectivity index (χ3n) is 1.89. The third kappa shape index (κ3) is 3.53. The van der Waals surface area contributed by atoms with Crippen LogP contribution < -0.4 is 0 Å². The van der Waals surface area contributed by atoms with Gasteiger partial charge >= 0.3 is 0 Å². The van der Waals surface area contributed by atoms with E-state index < -0.39 is 6.17 Å². The summed E-state index contributed by atoms with van der Waals surface area (Å²) < 4.78 is 25.5. The molecule has 0 heterocycles. The van der Waals surface area contributed by atoms with Gasteiger partial charge in [0.15, 0.2) is 0 Å². The summed E-state index contributed by atoms with van der Waals surface area (Å²) in [4.78, 5) is 0. The average Bonchev–Trinajstić information content (AvgIpc) is 2.09. The Hall–Kier alpha value is -0.920. The first-order chi connectivity index (χ1) is 6.22. The Morgan fingerprint density at radius 1 is 1.23 bits per heavy atom. The van der Waals surface area contributed by atoms with Crippen molar-refractivity contribution in [1.82, 2.24) is 0 Å². The lowest BCUT2D eigenvalue weighted by molar-refractivity contribution is 0.314. The molecule has 0 saturated carbocycles. The quantitative estimate of drug-likeness (QED) is 0.671. The van der Waals surface area contributed by atoms with Crippen LogP contribution in [0.4, 0.5) is 8.78 Å². The van der Waals surface area contributed by atoms with Crippen molar-refractivity contribution >= 4 is 0 Å². The highest BCUT2D eigenvalue weighted by Crippen LogP contribution is 2.11. The van der Waals surface area contributed by atoms with E-state index in [2.05, 4.69) is 6.92 Å². The van der Waals surface area contributed by atoms with E-state index in [1.165, 1.54) is 12.1 Å². The van der Waals surface area contributed by atoms with E-state index in [0.717, 1.165) is 5.56 Å². The van der Waals surface area contributed by atoms with Gasteiger partial charge in [-0.2, -0.15) is 0 Å². The fraction of sp³-hybridized carbons (Fsp3) is 0.364. The molecule has 0 aliphatic rings. The number of hydrogen-bond donors (Lipinski definition) is 0. The maximum absolute atomic E-state index is 13.1. The molecule has 1 aromatic rings. The lowest BCUT2D eigenvalue weighted by Crippen LogP contribution is -2.03. The topological polar surface area (TPSA) is 0 Å². The normalized spacial score (nSPS) is 12.8. The van der Waals surface area contributed by atoms with E-state index >= 15 is 0 Å². The number of halogens is 2. The Morgan fingerprint density at radius 3 is 2.38 bits per heavy atom. The second-order valence-corrected chi connectivity index (χ2v) is 3.07. The number of hydrogen-bond acceptors (Lipinski definition) is 0. The van der Waals surface area contributed by atoms with Gasteiger partial charge < -0.3 is 0 Å². The lowest BCUT2D eigenvalue weighted by Gasteiger charge is -2.05. The Bertz CT molecular complexity index is 241. The van der Waals surface area contributed by atoms with Crippen LogP contribution in [0.15, 0.2) is 24.3 Å². The molecule has 0 spiro atoms. The predicted octanol–water partition coefficient (Wildman–Crippen LogP) is 3.32. The molecule has 0 fully saturated rings. The van der Waals surface area contributed by atoms with Crippen molar-refractivity contribution in [1.29, 1.82) is 0 Å². The molecule has 13 heavy (non-hydrogen) atoms. The molecule has 0 N–H and O–H groups in total. The summed E-state index contributed by atoms with van der Waals surface area (Å²) in [7, 11) is 0. The average molecular weight is 183 g/mol. The van der Waals surface area contributed by atoms with Gasteiger partial charge in [0.1, 0.15) is 12.0 Å². The van der Waals surface area contributed by atoms with Crippen molar-refractivity contribution in [3.8, 4) is 0 Å². The van der Waals surface area contributed by atoms with Gasteiger partial charge in [-0.05, 0) is 24.1 Å². The molecular formula is C11H13F2. The summed E-state index contributed by atoms with van der Waals surface area (Å²) in [5.74, 6) is -0.281. The Labute approximate surface area is 77.6 Å². The van der Waals surface area contributed by atoms with E-state index in [-0.39, 0.29) is 5.82 Å². The molecule has 1 radical (unpaired) electrons. The minimum absolute atomic E-state index is 0.281. The van der Waals surface area contributed by atoms with Gasteiger partial charge in [0.2, 0.25) is 0 Å². The lowest BCUT2D eigenvalue weighted by atomic mass is 10.1. The highest BCUT2D eigenvalue weighted by molar-refractivity contribution is 5.16. The predicted molar refractivity (Wildman–Crippen MR) is 49.6 cm³/mol.